The highest BCUT2D eigenvalue weighted by atomic mass is 32.1. The second-order valence-corrected chi connectivity index (χ2v) is 4.77. The van der Waals surface area contributed by atoms with E-state index < -0.39 is 11.7 Å². The number of benzene rings is 1. The van der Waals surface area contributed by atoms with Crippen molar-refractivity contribution in [2.24, 2.45) is 5.73 Å². The molecule has 0 atom stereocenters. The molecule has 2 N–H and O–H groups in total. The molecule has 17 heavy (non-hydrogen) atoms. The zero-order valence-corrected chi connectivity index (χ0v) is 9.87. The van der Waals surface area contributed by atoms with Crippen molar-refractivity contribution in [3.05, 3.63) is 34.7 Å². The fourth-order valence-corrected chi connectivity index (χ4v) is 2.72. The van der Waals surface area contributed by atoms with E-state index in [1.54, 1.807) is 0 Å². The van der Waals surface area contributed by atoms with Gasteiger partial charge in [0.2, 0.25) is 0 Å². The Bertz CT molecular complexity index is 516. The van der Waals surface area contributed by atoms with Gasteiger partial charge in [-0.15, -0.1) is 11.3 Å². The normalized spacial score (nSPS) is 12.2. The van der Waals surface area contributed by atoms with Crippen LogP contribution in [-0.4, -0.2) is 6.54 Å². The molecule has 0 saturated heterocycles. The van der Waals surface area contributed by atoms with Crippen molar-refractivity contribution in [1.29, 1.82) is 0 Å². The topological polar surface area (TPSA) is 26.0 Å². The van der Waals surface area contributed by atoms with Crippen LogP contribution in [0.3, 0.4) is 0 Å². The number of rotatable bonds is 3. The predicted octanol–water partition coefficient (Wildman–Crippen LogP) is 3.81. The fraction of sp³-hybridized carbons (Fsp3) is 0.333. The quantitative estimate of drug-likeness (QED) is 0.891. The lowest BCUT2D eigenvalue weighted by Crippen LogP contribution is -2.04. The second kappa shape index (κ2) is 4.66. The summed E-state index contributed by atoms with van der Waals surface area (Å²) in [6.45, 7) is 0.552. The summed E-state index contributed by atoms with van der Waals surface area (Å²) in [7, 11) is 0. The monoisotopic (exact) mass is 259 g/mol. The highest BCUT2D eigenvalue weighted by molar-refractivity contribution is 7.17. The van der Waals surface area contributed by atoms with Gasteiger partial charge in [0.1, 0.15) is 0 Å². The van der Waals surface area contributed by atoms with Crippen LogP contribution in [0.2, 0.25) is 0 Å². The van der Waals surface area contributed by atoms with Crippen molar-refractivity contribution >= 4 is 21.4 Å². The molecule has 2 rings (SSSR count). The molecular weight excluding hydrogens is 247 g/mol. The summed E-state index contributed by atoms with van der Waals surface area (Å²) < 4.78 is 38.7. The van der Waals surface area contributed by atoms with E-state index in [1.165, 1.54) is 23.5 Å². The Labute approximate surface area is 101 Å². The first-order valence-corrected chi connectivity index (χ1v) is 6.17. The average Bonchev–Trinajstić information content (AvgIpc) is 2.67. The van der Waals surface area contributed by atoms with E-state index in [9.17, 15) is 13.2 Å². The van der Waals surface area contributed by atoms with Gasteiger partial charge in [-0.1, -0.05) is 0 Å². The van der Waals surface area contributed by atoms with Crippen LogP contribution in [-0.2, 0) is 12.6 Å². The standard InChI is InChI=1S/C12H12F3NS/c13-12(14,15)9-3-4-11-10(6-9)8(7-17-11)2-1-5-16/h3-4,6-7H,1-2,5,16H2. The zero-order valence-electron chi connectivity index (χ0n) is 9.05. The summed E-state index contributed by atoms with van der Waals surface area (Å²) in [6.07, 6.45) is -2.75. The van der Waals surface area contributed by atoms with Crippen LogP contribution in [0.1, 0.15) is 17.5 Å². The van der Waals surface area contributed by atoms with E-state index in [1.807, 2.05) is 5.38 Å². The van der Waals surface area contributed by atoms with E-state index in [0.29, 0.717) is 11.9 Å². The smallest absolute Gasteiger partial charge is 0.330 e. The van der Waals surface area contributed by atoms with Gasteiger partial charge in [-0.25, -0.2) is 0 Å². The van der Waals surface area contributed by atoms with Gasteiger partial charge < -0.3 is 5.73 Å². The number of alkyl halides is 3. The summed E-state index contributed by atoms with van der Waals surface area (Å²) in [6, 6.07) is 3.90. The summed E-state index contributed by atoms with van der Waals surface area (Å²) >= 11 is 1.48. The molecule has 0 aliphatic heterocycles. The van der Waals surface area contributed by atoms with Crippen LogP contribution in [0.15, 0.2) is 23.6 Å². The molecule has 2 aromatic rings. The van der Waals surface area contributed by atoms with Crippen molar-refractivity contribution in [1.82, 2.24) is 0 Å². The van der Waals surface area contributed by atoms with E-state index in [2.05, 4.69) is 0 Å². The Kier molecular flexibility index (Phi) is 3.40. The summed E-state index contributed by atoms with van der Waals surface area (Å²) in [5.41, 5.74) is 5.79. The molecule has 92 valence electrons. The van der Waals surface area contributed by atoms with Gasteiger partial charge in [0.15, 0.2) is 0 Å². The molecular formula is C12H12F3NS. The Morgan fingerprint density at radius 3 is 2.65 bits per heavy atom. The Hall–Kier alpha value is -1.07. The number of aryl methyl sites for hydroxylation is 1. The lowest BCUT2D eigenvalue weighted by atomic mass is 10.1. The molecule has 0 amide bonds. The van der Waals surface area contributed by atoms with Crippen LogP contribution in [0.25, 0.3) is 10.1 Å². The van der Waals surface area contributed by atoms with Crippen molar-refractivity contribution in [2.75, 3.05) is 6.54 Å². The number of hydrogen-bond acceptors (Lipinski definition) is 2. The second-order valence-electron chi connectivity index (χ2n) is 3.86. The first-order chi connectivity index (χ1) is 8.02. The molecule has 0 radical (unpaired) electrons. The average molecular weight is 259 g/mol. The van der Waals surface area contributed by atoms with E-state index in [0.717, 1.165) is 29.2 Å². The molecule has 1 nitrogen and oxygen atoms in total. The SMILES string of the molecule is NCCCc1csc2ccc(C(F)(F)F)cc12. The minimum absolute atomic E-state index is 0.552. The molecule has 0 aliphatic rings. The highest BCUT2D eigenvalue weighted by Gasteiger charge is 2.30. The van der Waals surface area contributed by atoms with Gasteiger partial charge in [0.25, 0.3) is 0 Å². The molecule has 1 heterocycles. The maximum atomic E-state index is 12.6. The van der Waals surface area contributed by atoms with E-state index in [-0.39, 0.29) is 0 Å². The first-order valence-electron chi connectivity index (χ1n) is 5.30. The third-order valence-electron chi connectivity index (χ3n) is 2.63. The minimum Gasteiger partial charge on any atom is -0.330 e. The fourth-order valence-electron chi connectivity index (χ4n) is 1.74. The van der Waals surface area contributed by atoms with Gasteiger partial charge in [0.05, 0.1) is 5.56 Å². The molecule has 1 aromatic carbocycles. The molecule has 0 spiro atoms. The number of fused-ring (bicyclic) bond motifs is 1. The number of nitrogens with two attached hydrogens (primary N) is 1. The van der Waals surface area contributed by atoms with Crippen LogP contribution < -0.4 is 5.73 Å². The number of halogens is 3. The van der Waals surface area contributed by atoms with E-state index in [4.69, 9.17) is 5.73 Å². The van der Waals surface area contributed by atoms with Crippen LogP contribution in [0.4, 0.5) is 13.2 Å². The van der Waals surface area contributed by atoms with Gasteiger partial charge in [-0.05, 0) is 53.9 Å². The molecule has 0 bridgehead atoms. The lowest BCUT2D eigenvalue weighted by molar-refractivity contribution is -0.137. The van der Waals surface area contributed by atoms with Crippen molar-refractivity contribution in [2.45, 2.75) is 19.0 Å². The first kappa shape index (κ1) is 12.4. The van der Waals surface area contributed by atoms with Crippen LogP contribution in [0.5, 0.6) is 0 Å². The number of thiophene rings is 1. The van der Waals surface area contributed by atoms with Crippen LogP contribution in [0, 0.1) is 0 Å². The van der Waals surface area contributed by atoms with Crippen LogP contribution >= 0.6 is 11.3 Å². The van der Waals surface area contributed by atoms with Gasteiger partial charge in [-0.3, -0.25) is 0 Å². The Morgan fingerprint density at radius 2 is 2.00 bits per heavy atom. The zero-order chi connectivity index (χ0) is 12.5. The Balaban J connectivity index is 2.43. The molecule has 1 aromatic heterocycles. The number of hydrogen-bond donors (Lipinski definition) is 1. The third-order valence-corrected chi connectivity index (χ3v) is 3.64. The van der Waals surface area contributed by atoms with Crippen molar-refractivity contribution in [3.8, 4) is 0 Å². The largest absolute Gasteiger partial charge is 0.416 e. The summed E-state index contributed by atoms with van der Waals surface area (Å²) in [5, 5.41) is 2.62. The van der Waals surface area contributed by atoms with E-state index >= 15 is 0 Å². The minimum atomic E-state index is -4.28. The Morgan fingerprint density at radius 1 is 1.24 bits per heavy atom. The molecule has 0 aliphatic carbocycles. The van der Waals surface area contributed by atoms with Gasteiger partial charge in [0, 0.05) is 4.70 Å². The molecule has 0 fully saturated rings. The predicted molar refractivity (Wildman–Crippen MR) is 64.2 cm³/mol. The third kappa shape index (κ3) is 2.61. The maximum Gasteiger partial charge on any atom is 0.416 e. The summed E-state index contributed by atoms with van der Waals surface area (Å²) in [4.78, 5) is 0. The van der Waals surface area contributed by atoms with Gasteiger partial charge in [-0.2, -0.15) is 13.2 Å². The van der Waals surface area contributed by atoms with Gasteiger partial charge >= 0.3 is 6.18 Å². The van der Waals surface area contributed by atoms with Crippen molar-refractivity contribution < 1.29 is 13.2 Å². The lowest BCUT2D eigenvalue weighted by Gasteiger charge is -2.06. The molecule has 5 heteroatoms. The maximum absolute atomic E-state index is 12.6. The van der Waals surface area contributed by atoms with Crippen molar-refractivity contribution in [3.63, 3.8) is 0 Å². The highest BCUT2D eigenvalue weighted by Crippen LogP contribution is 2.34. The molecule has 0 saturated carbocycles. The molecule has 0 unspecified atom stereocenters. The summed E-state index contributed by atoms with van der Waals surface area (Å²) in [5.74, 6) is 0.